The maximum atomic E-state index is 13.8. The second kappa shape index (κ2) is 8.87. The molecule has 8 heteroatoms. The molecular weight excluding hydrogens is 403 g/mol. The number of aryl methyl sites for hydroxylation is 2. The van der Waals surface area contributed by atoms with Gasteiger partial charge in [0.25, 0.3) is 5.91 Å². The van der Waals surface area contributed by atoms with Crippen molar-refractivity contribution in [1.82, 2.24) is 15.0 Å². The molecule has 30 heavy (non-hydrogen) atoms. The number of hydrogen-bond donors (Lipinski definition) is 1. The van der Waals surface area contributed by atoms with Crippen LogP contribution in [0.5, 0.6) is 0 Å². The monoisotopic (exact) mass is 426 g/mol. The number of thioether (sulfide) groups is 1. The average molecular weight is 427 g/mol. The molecule has 1 fully saturated rings. The van der Waals surface area contributed by atoms with Crippen molar-refractivity contribution in [3.63, 3.8) is 0 Å². The van der Waals surface area contributed by atoms with Crippen LogP contribution in [0.4, 0.5) is 10.1 Å². The minimum Gasteiger partial charge on any atom is -0.376 e. The van der Waals surface area contributed by atoms with E-state index in [-0.39, 0.29) is 11.7 Å². The molecule has 4 rings (SSSR count). The van der Waals surface area contributed by atoms with E-state index in [1.807, 2.05) is 41.8 Å². The summed E-state index contributed by atoms with van der Waals surface area (Å²) in [6.07, 6.45) is 0. The summed E-state index contributed by atoms with van der Waals surface area (Å²) < 4.78 is 19.1. The van der Waals surface area contributed by atoms with E-state index < -0.39 is 0 Å². The minimum atomic E-state index is -0.300. The molecular formula is C22H23FN4O2S. The van der Waals surface area contributed by atoms with Gasteiger partial charge in [0, 0.05) is 41.4 Å². The maximum Gasteiger partial charge on any atom is 0.253 e. The van der Waals surface area contributed by atoms with Crippen molar-refractivity contribution in [3.05, 3.63) is 64.8 Å². The molecule has 3 aromatic rings. The number of hydrogen-bond acceptors (Lipinski definition) is 6. The smallest absolute Gasteiger partial charge is 0.253 e. The highest BCUT2D eigenvalue weighted by Crippen LogP contribution is 2.22. The number of nitrogens with one attached hydrogen (secondary N) is 1. The summed E-state index contributed by atoms with van der Waals surface area (Å²) in [7, 11) is 0. The molecule has 1 aromatic heterocycles. The van der Waals surface area contributed by atoms with Crippen molar-refractivity contribution in [2.45, 2.75) is 20.4 Å². The molecule has 0 unspecified atom stereocenters. The van der Waals surface area contributed by atoms with Crippen LogP contribution in [0.2, 0.25) is 0 Å². The lowest BCUT2D eigenvalue weighted by Crippen LogP contribution is -2.37. The number of benzene rings is 2. The van der Waals surface area contributed by atoms with Gasteiger partial charge in [0.1, 0.15) is 5.82 Å². The van der Waals surface area contributed by atoms with E-state index in [9.17, 15) is 9.18 Å². The van der Waals surface area contributed by atoms with Gasteiger partial charge >= 0.3 is 0 Å². The molecule has 1 aliphatic heterocycles. The Labute approximate surface area is 178 Å². The van der Waals surface area contributed by atoms with Crippen LogP contribution in [-0.2, 0) is 6.54 Å². The number of nitrogens with zero attached hydrogens (tertiary/aromatic N) is 3. The molecule has 6 nitrogen and oxygen atoms in total. The van der Waals surface area contributed by atoms with Crippen molar-refractivity contribution >= 4 is 23.4 Å². The third-order valence-electron chi connectivity index (χ3n) is 5.10. The number of amides is 1. The van der Waals surface area contributed by atoms with Gasteiger partial charge in [0.05, 0.1) is 6.54 Å². The highest BCUT2D eigenvalue weighted by Gasteiger charge is 2.19. The Balaban J connectivity index is 1.41. The van der Waals surface area contributed by atoms with Crippen molar-refractivity contribution in [2.75, 3.05) is 29.9 Å². The van der Waals surface area contributed by atoms with Crippen molar-refractivity contribution < 1.29 is 13.7 Å². The molecule has 2 aromatic carbocycles. The van der Waals surface area contributed by atoms with E-state index in [1.54, 1.807) is 19.1 Å². The zero-order valence-electron chi connectivity index (χ0n) is 16.9. The fourth-order valence-electron chi connectivity index (χ4n) is 3.29. The quantitative estimate of drug-likeness (QED) is 0.656. The Morgan fingerprint density at radius 2 is 1.97 bits per heavy atom. The molecule has 0 radical (unpaired) electrons. The standard InChI is InChI=1S/C22H23FN4O2S/c1-14-3-4-16(12-18(14)23)21-25-20(29-26-21)13-24-19-6-5-17(11-15(19)2)22(28)27-7-9-30-10-8-27/h3-6,11-12,24H,7-10,13H2,1-2H3. The minimum absolute atomic E-state index is 0.0804. The Kier molecular flexibility index (Phi) is 6.03. The molecule has 2 heterocycles. The van der Waals surface area contributed by atoms with Gasteiger partial charge in [-0.3, -0.25) is 4.79 Å². The molecule has 1 aliphatic rings. The van der Waals surface area contributed by atoms with Crippen LogP contribution in [-0.4, -0.2) is 45.5 Å². The highest BCUT2D eigenvalue weighted by atomic mass is 32.2. The van der Waals surface area contributed by atoms with Gasteiger partial charge in [-0.1, -0.05) is 17.3 Å². The molecule has 1 saturated heterocycles. The van der Waals surface area contributed by atoms with Crippen LogP contribution in [0.15, 0.2) is 40.9 Å². The zero-order chi connectivity index (χ0) is 21.1. The molecule has 0 bridgehead atoms. The predicted molar refractivity (Wildman–Crippen MR) is 116 cm³/mol. The first-order chi connectivity index (χ1) is 14.5. The molecule has 0 aliphatic carbocycles. The fraction of sp³-hybridized carbons (Fsp3) is 0.318. The molecule has 156 valence electrons. The number of carbonyl (C=O) groups is 1. The summed E-state index contributed by atoms with van der Waals surface area (Å²) in [5, 5.41) is 7.20. The summed E-state index contributed by atoms with van der Waals surface area (Å²) >= 11 is 1.88. The predicted octanol–water partition coefficient (Wildman–Crippen LogP) is 4.29. The van der Waals surface area contributed by atoms with E-state index in [0.29, 0.717) is 35.0 Å². The van der Waals surface area contributed by atoms with Gasteiger partial charge < -0.3 is 14.7 Å². The first kappa shape index (κ1) is 20.4. The van der Waals surface area contributed by atoms with E-state index >= 15 is 0 Å². The Bertz CT molecular complexity index is 1060. The van der Waals surface area contributed by atoms with E-state index in [2.05, 4.69) is 15.5 Å². The Morgan fingerprint density at radius 1 is 1.17 bits per heavy atom. The molecule has 1 amide bonds. The summed E-state index contributed by atoms with van der Waals surface area (Å²) in [5.74, 6) is 2.51. The van der Waals surface area contributed by atoms with Crippen molar-refractivity contribution in [1.29, 1.82) is 0 Å². The lowest BCUT2D eigenvalue weighted by molar-refractivity contribution is 0.0772. The first-order valence-corrected chi connectivity index (χ1v) is 11.0. The highest BCUT2D eigenvalue weighted by molar-refractivity contribution is 7.99. The molecule has 0 atom stereocenters. The SMILES string of the molecule is Cc1ccc(-c2noc(CNc3ccc(C(=O)N4CCSCC4)cc3C)n2)cc1F. The Morgan fingerprint density at radius 3 is 2.70 bits per heavy atom. The largest absolute Gasteiger partial charge is 0.376 e. The number of halogens is 1. The molecule has 0 spiro atoms. The van der Waals surface area contributed by atoms with E-state index in [1.165, 1.54) is 6.07 Å². The van der Waals surface area contributed by atoms with Gasteiger partial charge in [-0.05, 0) is 49.2 Å². The fourth-order valence-corrected chi connectivity index (χ4v) is 4.19. The number of carbonyl (C=O) groups excluding carboxylic acids is 1. The van der Waals surface area contributed by atoms with Crippen LogP contribution in [0.3, 0.4) is 0 Å². The van der Waals surface area contributed by atoms with Crippen molar-refractivity contribution in [2.24, 2.45) is 0 Å². The summed E-state index contributed by atoms with van der Waals surface area (Å²) in [6, 6.07) is 10.5. The van der Waals surface area contributed by atoms with E-state index in [4.69, 9.17) is 4.52 Å². The molecule has 0 saturated carbocycles. The summed E-state index contributed by atoms with van der Waals surface area (Å²) in [4.78, 5) is 18.9. The zero-order valence-corrected chi connectivity index (χ0v) is 17.8. The van der Waals surface area contributed by atoms with Crippen molar-refractivity contribution in [3.8, 4) is 11.4 Å². The summed E-state index contributed by atoms with van der Waals surface area (Å²) in [5.41, 5.74) is 3.70. The molecule has 1 N–H and O–H groups in total. The average Bonchev–Trinajstić information content (AvgIpc) is 3.24. The van der Waals surface area contributed by atoms with Crippen LogP contribution in [0, 0.1) is 19.7 Å². The van der Waals surface area contributed by atoms with Crippen LogP contribution in [0.25, 0.3) is 11.4 Å². The number of rotatable bonds is 5. The lowest BCUT2D eigenvalue weighted by Gasteiger charge is -2.26. The number of aromatic nitrogens is 2. The van der Waals surface area contributed by atoms with Crippen LogP contribution < -0.4 is 5.32 Å². The normalized spacial score (nSPS) is 14.0. The van der Waals surface area contributed by atoms with Crippen LogP contribution in [0.1, 0.15) is 27.4 Å². The van der Waals surface area contributed by atoms with Gasteiger partial charge in [-0.25, -0.2) is 4.39 Å². The maximum absolute atomic E-state index is 13.8. The van der Waals surface area contributed by atoms with Gasteiger partial charge in [0.15, 0.2) is 0 Å². The van der Waals surface area contributed by atoms with Gasteiger partial charge in [-0.15, -0.1) is 0 Å². The summed E-state index contributed by atoms with van der Waals surface area (Å²) in [6.45, 7) is 5.59. The van der Waals surface area contributed by atoms with Crippen LogP contribution >= 0.6 is 11.8 Å². The van der Waals surface area contributed by atoms with Gasteiger partial charge in [0.2, 0.25) is 11.7 Å². The topological polar surface area (TPSA) is 71.3 Å². The third kappa shape index (κ3) is 4.48. The first-order valence-electron chi connectivity index (χ1n) is 9.82. The second-order valence-electron chi connectivity index (χ2n) is 7.26. The van der Waals surface area contributed by atoms with E-state index in [0.717, 1.165) is 35.8 Å². The number of anilines is 1. The van der Waals surface area contributed by atoms with Gasteiger partial charge in [-0.2, -0.15) is 16.7 Å². The lowest BCUT2D eigenvalue weighted by atomic mass is 10.1. The third-order valence-corrected chi connectivity index (χ3v) is 6.04. The Hall–Kier alpha value is -2.87. The second-order valence-corrected chi connectivity index (χ2v) is 8.49.